The summed E-state index contributed by atoms with van der Waals surface area (Å²) in [6.45, 7) is 20.5. The molecule has 2 N–H and O–H groups in total. The van der Waals surface area contributed by atoms with Gasteiger partial charge in [-0.2, -0.15) is 0 Å². The second-order valence-electron chi connectivity index (χ2n) is 22.3. The van der Waals surface area contributed by atoms with E-state index in [9.17, 15) is 24.3 Å². The second kappa shape index (κ2) is 16.4. The highest BCUT2D eigenvalue weighted by atomic mass is 35.5. The number of hydrogen-bond donors (Lipinski definition) is 2. The molecule has 11 unspecified atom stereocenters. The standard InChI is InChI=1S/C51H73ClN2O6/c1-30(2)44-40(56)29-51(20-21-53-46(57)35-11-10-33(52)27-41(35)60-25-24-54-22-8-9-23-54)19-15-38-34(45(44)51)12-13-43-49(38,6)18-16-42-48(4,5)32(14-17-50(42,43)7)26-39(55)36-28-37(31(36)3)47(58)59/h10-11,27,30-32,34,36-38,42-43H,8-9,12-26,28-29H2,1-7H3,(H,53,57)(H,58,59). The lowest BCUT2D eigenvalue weighted by atomic mass is 9.35. The number of aliphatic carboxylic acids is 1. The van der Waals surface area contributed by atoms with Crippen LogP contribution in [0.4, 0.5) is 0 Å². The van der Waals surface area contributed by atoms with Gasteiger partial charge in [0.2, 0.25) is 0 Å². The zero-order chi connectivity index (χ0) is 42.9. The molecule has 11 atom stereocenters. The van der Waals surface area contributed by atoms with E-state index in [0.717, 1.165) is 63.7 Å². The average Bonchev–Trinajstić information content (AvgIpc) is 3.80. The molecule has 8 nitrogen and oxygen atoms in total. The highest BCUT2D eigenvalue weighted by molar-refractivity contribution is 6.30. The first-order valence-electron chi connectivity index (χ1n) is 23.9. The van der Waals surface area contributed by atoms with Crippen LogP contribution in [0, 0.1) is 74.9 Å². The van der Waals surface area contributed by atoms with Gasteiger partial charge in [-0.1, -0.05) is 65.6 Å². The Kier molecular flexibility index (Phi) is 12.0. The Balaban J connectivity index is 0.961. The van der Waals surface area contributed by atoms with Crippen LogP contribution in [-0.4, -0.2) is 66.2 Å². The maximum Gasteiger partial charge on any atom is 0.306 e. The Hall–Kier alpha value is -2.71. The number of likely N-dealkylation sites (tertiary alicyclic amines) is 1. The number of amides is 1. The fraction of sp³-hybridized carbons (Fsp3) is 0.765. The van der Waals surface area contributed by atoms with E-state index in [4.69, 9.17) is 16.3 Å². The number of nitrogens with one attached hydrogen (secondary N) is 1. The van der Waals surface area contributed by atoms with Crippen molar-refractivity contribution in [2.45, 2.75) is 138 Å². The molecule has 0 aromatic heterocycles. The maximum absolute atomic E-state index is 14.1. The van der Waals surface area contributed by atoms with E-state index >= 15 is 0 Å². The second-order valence-corrected chi connectivity index (χ2v) is 22.7. The number of rotatable bonds is 13. The van der Waals surface area contributed by atoms with Crippen molar-refractivity contribution < 1.29 is 29.0 Å². The lowest BCUT2D eigenvalue weighted by Crippen LogP contribution is -2.62. The van der Waals surface area contributed by atoms with Gasteiger partial charge >= 0.3 is 5.97 Å². The number of allylic oxidation sites excluding steroid dienone is 2. The zero-order valence-corrected chi connectivity index (χ0v) is 38.4. The summed E-state index contributed by atoms with van der Waals surface area (Å²) < 4.78 is 6.16. The van der Waals surface area contributed by atoms with E-state index in [-0.39, 0.29) is 51.2 Å². The van der Waals surface area contributed by atoms with Crippen LogP contribution in [0.1, 0.15) is 149 Å². The van der Waals surface area contributed by atoms with Gasteiger partial charge in [0.15, 0.2) is 5.78 Å². The van der Waals surface area contributed by atoms with Crippen LogP contribution in [0.5, 0.6) is 5.75 Å². The molecular weight excluding hydrogens is 772 g/mol. The fourth-order valence-electron chi connectivity index (χ4n) is 15.7. The molecule has 6 fully saturated rings. The van der Waals surface area contributed by atoms with E-state index in [2.05, 4.69) is 51.8 Å². The Morgan fingerprint density at radius 1 is 0.950 bits per heavy atom. The van der Waals surface area contributed by atoms with Gasteiger partial charge in [-0.15, -0.1) is 0 Å². The van der Waals surface area contributed by atoms with E-state index in [1.54, 1.807) is 18.2 Å². The monoisotopic (exact) mass is 845 g/mol. The van der Waals surface area contributed by atoms with Crippen molar-refractivity contribution in [1.82, 2.24) is 10.2 Å². The number of hydrogen-bond acceptors (Lipinski definition) is 6. The molecule has 1 aromatic carbocycles. The number of carbonyl (C=O) groups excluding carboxylic acids is 3. The first-order valence-corrected chi connectivity index (χ1v) is 24.2. The van der Waals surface area contributed by atoms with Gasteiger partial charge < -0.3 is 15.2 Å². The molecule has 1 heterocycles. The van der Waals surface area contributed by atoms with E-state index in [1.165, 1.54) is 37.7 Å². The van der Waals surface area contributed by atoms with Gasteiger partial charge in [0.25, 0.3) is 5.91 Å². The van der Waals surface area contributed by atoms with Gasteiger partial charge in [-0.3, -0.25) is 24.1 Å². The van der Waals surface area contributed by atoms with Crippen molar-refractivity contribution >= 4 is 35.0 Å². The largest absolute Gasteiger partial charge is 0.491 e. The minimum atomic E-state index is -0.762. The molecule has 0 radical (unpaired) electrons. The van der Waals surface area contributed by atoms with Gasteiger partial charge in [-0.05, 0) is 172 Å². The summed E-state index contributed by atoms with van der Waals surface area (Å²) >= 11 is 6.38. The van der Waals surface area contributed by atoms with Crippen molar-refractivity contribution in [2.24, 2.45) is 74.9 Å². The smallest absolute Gasteiger partial charge is 0.306 e. The summed E-state index contributed by atoms with van der Waals surface area (Å²) in [7, 11) is 0. The van der Waals surface area contributed by atoms with Crippen molar-refractivity contribution in [1.29, 1.82) is 0 Å². The molecule has 330 valence electrons. The minimum Gasteiger partial charge on any atom is -0.491 e. The highest BCUT2D eigenvalue weighted by Crippen LogP contribution is 2.74. The summed E-state index contributed by atoms with van der Waals surface area (Å²) in [5, 5.41) is 13.4. The maximum atomic E-state index is 14.1. The number of fused-ring (bicyclic) bond motifs is 7. The molecule has 1 aliphatic heterocycles. The number of carboxylic acids is 1. The molecule has 1 amide bonds. The SMILES string of the molecule is CC(C)C1=C2C3CCC4C(C)(CCC5C(C)(C)C(CC(=O)C6CC(C(=O)O)C6C)CCC54C)C3CCC2(CCNC(=O)c2ccc(Cl)cc2OCCN2CCCC2)CC1=O. The Labute approximate surface area is 364 Å². The third kappa shape index (κ3) is 7.41. The van der Waals surface area contributed by atoms with Gasteiger partial charge in [-0.25, -0.2) is 0 Å². The van der Waals surface area contributed by atoms with E-state index < -0.39 is 5.97 Å². The number of carboxylic acid groups (broad SMARTS) is 1. The molecule has 9 heteroatoms. The van der Waals surface area contributed by atoms with E-state index in [1.807, 2.05) is 6.92 Å². The lowest BCUT2D eigenvalue weighted by Gasteiger charge is -2.69. The summed E-state index contributed by atoms with van der Waals surface area (Å²) in [5.74, 6) is 2.25. The number of benzene rings is 1. The molecule has 7 aliphatic rings. The average molecular weight is 846 g/mol. The first-order chi connectivity index (χ1) is 28.4. The number of ether oxygens (including phenoxy) is 1. The van der Waals surface area contributed by atoms with Crippen LogP contribution in [0.15, 0.2) is 29.3 Å². The molecular formula is C51H73ClN2O6. The van der Waals surface area contributed by atoms with Crippen LogP contribution in [-0.2, 0) is 14.4 Å². The highest BCUT2D eigenvalue weighted by Gasteiger charge is 2.66. The molecule has 8 rings (SSSR count). The molecule has 0 spiro atoms. The fourth-order valence-corrected chi connectivity index (χ4v) is 15.9. The van der Waals surface area contributed by atoms with Crippen molar-refractivity contribution in [3.8, 4) is 5.75 Å². The number of ketones is 2. The molecule has 6 aliphatic carbocycles. The first kappa shape index (κ1) is 43.9. The minimum absolute atomic E-state index is 0.0316. The Bertz CT molecular complexity index is 1900. The lowest BCUT2D eigenvalue weighted by molar-refractivity contribution is -0.193. The molecule has 5 saturated carbocycles. The predicted octanol–water partition coefficient (Wildman–Crippen LogP) is 10.5. The number of Topliss-reactive ketones (excluding diaryl/α,β-unsaturated/α-hetero) is 2. The van der Waals surface area contributed by atoms with Crippen LogP contribution >= 0.6 is 11.6 Å². The zero-order valence-electron chi connectivity index (χ0n) is 37.7. The van der Waals surface area contributed by atoms with Gasteiger partial charge in [0.05, 0.1) is 11.5 Å². The van der Waals surface area contributed by atoms with Crippen LogP contribution < -0.4 is 10.1 Å². The van der Waals surface area contributed by atoms with Gasteiger partial charge in [0, 0.05) is 42.3 Å². The van der Waals surface area contributed by atoms with Crippen molar-refractivity contribution in [2.75, 3.05) is 32.8 Å². The van der Waals surface area contributed by atoms with Crippen LogP contribution in [0.2, 0.25) is 5.02 Å². The quantitative estimate of drug-likeness (QED) is 0.203. The molecule has 1 aromatic rings. The summed E-state index contributed by atoms with van der Waals surface area (Å²) in [4.78, 5) is 55.6. The number of carbonyl (C=O) groups is 4. The molecule has 60 heavy (non-hydrogen) atoms. The third-order valence-electron chi connectivity index (χ3n) is 18.9. The Morgan fingerprint density at radius 2 is 1.68 bits per heavy atom. The van der Waals surface area contributed by atoms with Gasteiger partial charge in [0.1, 0.15) is 18.1 Å². The summed E-state index contributed by atoms with van der Waals surface area (Å²) in [6.07, 6.45) is 13.8. The van der Waals surface area contributed by atoms with Crippen molar-refractivity contribution in [3.05, 3.63) is 39.9 Å². The number of nitrogens with zero attached hydrogens (tertiary/aromatic N) is 1. The molecule has 1 saturated heterocycles. The van der Waals surface area contributed by atoms with Crippen LogP contribution in [0.3, 0.4) is 0 Å². The summed E-state index contributed by atoms with van der Waals surface area (Å²) in [6, 6.07) is 5.27. The third-order valence-corrected chi connectivity index (χ3v) is 19.1. The molecule has 0 bridgehead atoms. The van der Waals surface area contributed by atoms with E-state index in [0.29, 0.717) is 89.9 Å². The van der Waals surface area contributed by atoms with Crippen molar-refractivity contribution in [3.63, 3.8) is 0 Å². The van der Waals surface area contributed by atoms with Crippen LogP contribution in [0.25, 0.3) is 0 Å². The normalized spacial score (nSPS) is 38.4. The topological polar surface area (TPSA) is 113 Å². The number of halogens is 1. The predicted molar refractivity (Wildman–Crippen MR) is 236 cm³/mol. The summed E-state index contributed by atoms with van der Waals surface area (Å²) in [5.41, 5.74) is 3.24. The Morgan fingerprint density at radius 3 is 2.38 bits per heavy atom.